The minimum Gasteiger partial charge on any atom is -0.465 e. The van der Waals surface area contributed by atoms with E-state index in [4.69, 9.17) is 5.73 Å². The van der Waals surface area contributed by atoms with Crippen LogP contribution in [0.3, 0.4) is 0 Å². The topological polar surface area (TPSA) is 81.4 Å². The average molecular weight is 278 g/mol. The first-order valence-electron chi connectivity index (χ1n) is 6.14. The lowest BCUT2D eigenvalue weighted by atomic mass is 10.1. The molecule has 5 nitrogen and oxygen atoms in total. The number of carbonyl (C=O) groups is 2. The molecule has 0 saturated carbocycles. The summed E-state index contributed by atoms with van der Waals surface area (Å²) in [7, 11) is 1.22. The second-order valence-electron chi connectivity index (χ2n) is 4.56. The predicted octanol–water partition coefficient (Wildman–Crippen LogP) is 1.45. The Labute approximate surface area is 115 Å². The van der Waals surface area contributed by atoms with Gasteiger partial charge in [-0.15, -0.1) is 0 Å². The van der Waals surface area contributed by atoms with E-state index in [-0.39, 0.29) is 29.1 Å². The molecular formula is C14H15FN2O3. The second-order valence-corrected chi connectivity index (χ2v) is 4.56. The SMILES string of the molecule is COC(=O)c1ccc(F)cc1NC(=O)C1C=CC(N)C1. The molecule has 0 radical (unpaired) electrons. The number of anilines is 1. The Hall–Kier alpha value is -2.21. The molecule has 2 unspecified atom stereocenters. The highest BCUT2D eigenvalue weighted by atomic mass is 19.1. The van der Waals surface area contributed by atoms with Crippen LogP contribution in [-0.4, -0.2) is 25.0 Å². The van der Waals surface area contributed by atoms with Gasteiger partial charge in [0.2, 0.25) is 5.91 Å². The number of hydrogen-bond acceptors (Lipinski definition) is 4. The molecule has 20 heavy (non-hydrogen) atoms. The fourth-order valence-corrected chi connectivity index (χ4v) is 2.05. The number of nitrogens with one attached hydrogen (secondary N) is 1. The van der Waals surface area contributed by atoms with Crippen LogP contribution in [0.25, 0.3) is 0 Å². The Morgan fingerprint density at radius 2 is 2.15 bits per heavy atom. The van der Waals surface area contributed by atoms with E-state index in [0.29, 0.717) is 6.42 Å². The normalized spacial score (nSPS) is 20.8. The van der Waals surface area contributed by atoms with Crippen molar-refractivity contribution in [3.05, 3.63) is 41.7 Å². The predicted molar refractivity (Wildman–Crippen MR) is 71.6 cm³/mol. The van der Waals surface area contributed by atoms with Crippen LogP contribution >= 0.6 is 0 Å². The molecule has 2 rings (SSSR count). The Kier molecular flexibility index (Phi) is 4.14. The zero-order valence-corrected chi connectivity index (χ0v) is 10.9. The maximum Gasteiger partial charge on any atom is 0.339 e. The van der Waals surface area contributed by atoms with Crippen molar-refractivity contribution in [3.8, 4) is 0 Å². The van der Waals surface area contributed by atoms with Crippen molar-refractivity contribution in [1.82, 2.24) is 0 Å². The zero-order chi connectivity index (χ0) is 14.7. The number of nitrogens with two attached hydrogens (primary N) is 1. The van der Waals surface area contributed by atoms with Crippen molar-refractivity contribution in [2.45, 2.75) is 12.5 Å². The number of amides is 1. The summed E-state index contributed by atoms with van der Waals surface area (Å²) in [4.78, 5) is 23.6. The van der Waals surface area contributed by atoms with E-state index in [2.05, 4.69) is 10.1 Å². The standard InChI is InChI=1S/C14H15FN2O3/c1-20-14(19)11-5-3-9(15)7-12(11)17-13(18)8-2-4-10(16)6-8/h2-5,7-8,10H,6,16H2,1H3,(H,17,18). The van der Waals surface area contributed by atoms with Crippen molar-refractivity contribution in [2.24, 2.45) is 11.7 Å². The molecule has 0 bridgehead atoms. The monoisotopic (exact) mass is 278 g/mol. The molecular weight excluding hydrogens is 263 g/mol. The van der Waals surface area contributed by atoms with E-state index >= 15 is 0 Å². The van der Waals surface area contributed by atoms with Gasteiger partial charge in [-0.2, -0.15) is 0 Å². The minimum absolute atomic E-state index is 0.0933. The molecule has 0 aromatic heterocycles. The summed E-state index contributed by atoms with van der Waals surface area (Å²) in [6.45, 7) is 0. The molecule has 1 aromatic rings. The first-order valence-corrected chi connectivity index (χ1v) is 6.14. The number of methoxy groups -OCH3 is 1. The molecule has 0 fully saturated rings. The van der Waals surface area contributed by atoms with Gasteiger partial charge in [0.1, 0.15) is 5.82 Å². The number of ether oxygens (including phenoxy) is 1. The van der Waals surface area contributed by atoms with Gasteiger partial charge in [-0.25, -0.2) is 9.18 Å². The van der Waals surface area contributed by atoms with Gasteiger partial charge in [0.15, 0.2) is 0 Å². The lowest BCUT2D eigenvalue weighted by molar-refractivity contribution is -0.118. The lowest BCUT2D eigenvalue weighted by Crippen LogP contribution is -2.25. The third kappa shape index (κ3) is 3.03. The molecule has 2 atom stereocenters. The number of hydrogen-bond donors (Lipinski definition) is 2. The van der Waals surface area contributed by atoms with Crippen LogP contribution in [0.2, 0.25) is 0 Å². The first kappa shape index (κ1) is 14.2. The fraction of sp³-hybridized carbons (Fsp3) is 0.286. The Balaban J connectivity index is 2.20. The number of benzene rings is 1. The van der Waals surface area contributed by atoms with Crippen molar-refractivity contribution < 1.29 is 18.7 Å². The number of carbonyl (C=O) groups excluding carboxylic acids is 2. The van der Waals surface area contributed by atoms with Crippen LogP contribution in [-0.2, 0) is 9.53 Å². The van der Waals surface area contributed by atoms with E-state index in [1.807, 2.05) is 0 Å². The smallest absolute Gasteiger partial charge is 0.339 e. The zero-order valence-electron chi connectivity index (χ0n) is 10.9. The Bertz CT molecular complexity index is 572. The largest absolute Gasteiger partial charge is 0.465 e. The van der Waals surface area contributed by atoms with E-state index in [1.54, 1.807) is 12.2 Å². The maximum atomic E-state index is 13.3. The van der Waals surface area contributed by atoms with Crippen molar-refractivity contribution in [2.75, 3.05) is 12.4 Å². The number of esters is 1. The van der Waals surface area contributed by atoms with Crippen molar-refractivity contribution >= 4 is 17.6 Å². The highest BCUT2D eigenvalue weighted by Crippen LogP contribution is 2.22. The van der Waals surface area contributed by atoms with E-state index in [1.165, 1.54) is 13.2 Å². The average Bonchev–Trinajstić information content (AvgIpc) is 2.85. The van der Waals surface area contributed by atoms with Gasteiger partial charge in [0.25, 0.3) is 0 Å². The molecule has 0 spiro atoms. The van der Waals surface area contributed by atoms with Gasteiger partial charge in [-0.1, -0.05) is 12.2 Å². The molecule has 0 heterocycles. The first-order chi connectivity index (χ1) is 9.51. The van der Waals surface area contributed by atoms with Crippen molar-refractivity contribution in [3.63, 3.8) is 0 Å². The fourth-order valence-electron chi connectivity index (χ4n) is 2.05. The molecule has 0 aliphatic heterocycles. The molecule has 1 aliphatic rings. The van der Waals surface area contributed by atoms with Gasteiger partial charge in [0.05, 0.1) is 24.3 Å². The Morgan fingerprint density at radius 3 is 2.75 bits per heavy atom. The third-order valence-corrected chi connectivity index (χ3v) is 3.10. The van der Waals surface area contributed by atoms with Crippen molar-refractivity contribution in [1.29, 1.82) is 0 Å². The summed E-state index contributed by atoms with van der Waals surface area (Å²) in [6.07, 6.45) is 3.95. The summed E-state index contributed by atoms with van der Waals surface area (Å²) in [5.74, 6) is -1.89. The van der Waals surface area contributed by atoms with Crippen LogP contribution in [0.5, 0.6) is 0 Å². The van der Waals surface area contributed by atoms with Gasteiger partial charge >= 0.3 is 5.97 Å². The highest BCUT2D eigenvalue weighted by molar-refractivity contribution is 6.02. The lowest BCUT2D eigenvalue weighted by Gasteiger charge is -2.13. The van der Waals surface area contributed by atoms with Crippen LogP contribution in [0, 0.1) is 11.7 Å². The quantitative estimate of drug-likeness (QED) is 0.647. The summed E-state index contributed by atoms with van der Waals surface area (Å²) in [6, 6.07) is 3.33. The van der Waals surface area contributed by atoms with E-state index < -0.39 is 11.8 Å². The van der Waals surface area contributed by atoms with Gasteiger partial charge < -0.3 is 15.8 Å². The maximum absolute atomic E-state index is 13.3. The van der Waals surface area contributed by atoms with Gasteiger partial charge in [-0.05, 0) is 24.6 Å². The van der Waals surface area contributed by atoms with Crippen LogP contribution in [0.4, 0.5) is 10.1 Å². The van der Waals surface area contributed by atoms with Crippen LogP contribution < -0.4 is 11.1 Å². The second kappa shape index (κ2) is 5.83. The third-order valence-electron chi connectivity index (χ3n) is 3.10. The molecule has 6 heteroatoms. The summed E-state index contributed by atoms with van der Waals surface area (Å²) < 4.78 is 17.9. The summed E-state index contributed by atoms with van der Waals surface area (Å²) in [5, 5.41) is 2.54. The molecule has 1 amide bonds. The molecule has 3 N–H and O–H groups in total. The van der Waals surface area contributed by atoms with E-state index in [9.17, 15) is 14.0 Å². The Morgan fingerprint density at radius 1 is 1.40 bits per heavy atom. The molecule has 0 saturated heterocycles. The molecule has 106 valence electrons. The minimum atomic E-state index is -0.640. The summed E-state index contributed by atoms with van der Waals surface area (Å²) in [5.41, 5.74) is 5.88. The van der Waals surface area contributed by atoms with Crippen LogP contribution in [0.15, 0.2) is 30.4 Å². The van der Waals surface area contributed by atoms with E-state index in [0.717, 1.165) is 12.1 Å². The highest BCUT2D eigenvalue weighted by Gasteiger charge is 2.24. The molecule has 1 aromatic carbocycles. The van der Waals surface area contributed by atoms with Gasteiger partial charge in [-0.3, -0.25) is 4.79 Å². The summed E-state index contributed by atoms with van der Waals surface area (Å²) >= 11 is 0. The number of rotatable bonds is 3. The number of halogens is 1. The molecule has 1 aliphatic carbocycles. The van der Waals surface area contributed by atoms with Crippen LogP contribution in [0.1, 0.15) is 16.8 Å². The van der Waals surface area contributed by atoms with Gasteiger partial charge in [0, 0.05) is 6.04 Å².